The van der Waals surface area contributed by atoms with Crippen LogP contribution in [-0.4, -0.2) is 34.5 Å². The second-order valence-electron chi connectivity index (χ2n) is 9.75. The zero-order chi connectivity index (χ0) is 27.2. The summed E-state index contributed by atoms with van der Waals surface area (Å²) in [5, 5.41) is 7.40. The minimum atomic E-state index is -1.13. The number of anilines is 1. The average molecular weight is 500 g/mol. The molecule has 0 saturated carbocycles. The molecule has 0 heterocycles. The number of alkyl carbamates (subject to hydrolysis) is 1. The molecule has 3 aromatic carbocycles. The molecule has 2 N–H and O–H groups in total. The Morgan fingerprint density at radius 2 is 1.65 bits per heavy atom. The molecular weight excluding hydrogens is 466 g/mol. The number of rotatable bonds is 7. The fourth-order valence-electron chi connectivity index (χ4n) is 3.85. The van der Waals surface area contributed by atoms with Crippen LogP contribution in [0.5, 0.6) is 0 Å². The molecule has 0 aliphatic carbocycles. The second kappa shape index (κ2) is 11.6. The minimum absolute atomic E-state index is 0.477. The average Bonchev–Trinajstić information content (AvgIpc) is 2.85. The summed E-state index contributed by atoms with van der Waals surface area (Å²) in [6.07, 6.45) is 5.84. The Bertz CT molecular complexity index is 1320. The number of carbonyl (C=O) groups is 3. The van der Waals surface area contributed by atoms with Crippen LogP contribution in [0.3, 0.4) is 0 Å². The van der Waals surface area contributed by atoms with Crippen LogP contribution in [0.15, 0.2) is 66.7 Å². The number of nitrogens with zero attached hydrogens (tertiary/aromatic N) is 1. The Morgan fingerprint density at radius 3 is 2.24 bits per heavy atom. The summed E-state index contributed by atoms with van der Waals surface area (Å²) in [6.45, 7) is 8.69. The highest BCUT2D eigenvalue weighted by Gasteiger charge is 2.34. The molecule has 0 bridgehead atoms. The maximum atomic E-state index is 13.6. The quantitative estimate of drug-likeness (QED) is 0.336. The van der Waals surface area contributed by atoms with Crippen molar-refractivity contribution in [3.63, 3.8) is 0 Å². The number of hydrogen-bond acceptors (Lipinski definition) is 4. The molecule has 0 radical (unpaired) electrons. The monoisotopic (exact) mass is 499 g/mol. The Kier molecular flexibility index (Phi) is 8.56. The van der Waals surface area contributed by atoms with Crippen molar-refractivity contribution >= 4 is 34.4 Å². The summed E-state index contributed by atoms with van der Waals surface area (Å²) < 4.78 is 5.25. The molecule has 0 saturated heterocycles. The van der Waals surface area contributed by atoms with E-state index in [-0.39, 0.29) is 0 Å². The largest absolute Gasteiger partial charge is 0.444 e. The van der Waals surface area contributed by atoms with Gasteiger partial charge < -0.3 is 15.4 Å². The summed E-state index contributed by atoms with van der Waals surface area (Å²) in [6, 6.07) is 20.9. The first kappa shape index (κ1) is 27.3. The van der Waals surface area contributed by atoms with Gasteiger partial charge in [-0.15, -0.1) is 0 Å². The lowest BCUT2D eigenvalue weighted by atomic mass is 10.0. The molecule has 3 aromatic rings. The maximum absolute atomic E-state index is 13.6. The van der Waals surface area contributed by atoms with Gasteiger partial charge in [-0.25, -0.2) is 4.79 Å². The van der Waals surface area contributed by atoms with E-state index in [1.54, 1.807) is 39.0 Å². The first-order valence-electron chi connectivity index (χ1n) is 12.2. The first-order valence-corrected chi connectivity index (χ1v) is 12.2. The molecule has 0 aromatic heterocycles. The van der Waals surface area contributed by atoms with Gasteiger partial charge in [0.2, 0.25) is 0 Å². The van der Waals surface area contributed by atoms with Crippen molar-refractivity contribution in [1.29, 1.82) is 0 Å². The highest BCUT2D eigenvalue weighted by molar-refractivity contribution is 6.00. The van der Waals surface area contributed by atoms with Crippen LogP contribution in [0.2, 0.25) is 0 Å². The third kappa shape index (κ3) is 7.11. The predicted molar refractivity (Wildman–Crippen MR) is 146 cm³/mol. The van der Waals surface area contributed by atoms with Crippen molar-refractivity contribution in [2.75, 3.05) is 5.32 Å². The molecule has 7 nitrogen and oxygen atoms in total. The van der Waals surface area contributed by atoms with E-state index >= 15 is 0 Å². The molecule has 0 spiro atoms. The number of carbonyl (C=O) groups excluding carboxylic acids is 3. The van der Waals surface area contributed by atoms with E-state index in [0.29, 0.717) is 11.3 Å². The number of benzene rings is 3. The van der Waals surface area contributed by atoms with E-state index in [9.17, 15) is 14.4 Å². The molecule has 0 aliphatic heterocycles. The van der Waals surface area contributed by atoms with E-state index < -0.39 is 35.6 Å². The molecule has 7 heteroatoms. The van der Waals surface area contributed by atoms with Crippen molar-refractivity contribution in [1.82, 2.24) is 10.2 Å². The maximum Gasteiger partial charge on any atom is 0.408 e. The lowest BCUT2D eigenvalue weighted by Crippen LogP contribution is -2.49. The zero-order valence-electron chi connectivity index (χ0n) is 21.9. The summed E-state index contributed by atoms with van der Waals surface area (Å²) in [7, 11) is 0. The highest BCUT2D eigenvalue weighted by Crippen LogP contribution is 2.26. The highest BCUT2D eigenvalue weighted by atomic mass is 16.6. The molecule has 3 rings (SSSR count). The van der Waals surface area contributed by atoms with Gasteiger partial charge >= 0.3 is 6.09 Å². The number of ether oxygens (including phenoxy) is 1. The lowest BCUT2D eigenvalue weighted by Gasteiger charge is -2.29. The SMILES string of the molecule is C#CN(C(=O)C(C)NC(=O)OC(C)(C)C)C(C(=O)Nc1ccc2ccccc2c1)c1ccc(CC)cc1. The van der Waals surface area contributed by atoms with E-state index in [0.717, 1.165) is 27.7 Å². The van der Waals surface area contributed by atoms with E-state index in [1.165, 1.54) is 6.92 Å². The van der Waals surface area contributed by atoms with Crippen LogP contribution < -0.4 is 10.6 Å². The van der Waals surface area contributed by atoms with Crippen LogP contribution in [0.1, 0.15) is 51.8 Å². The fourth-order valence-corrected chi connectivity index (χ4v) is 3.85. The number of aryl methyl sites for hydroxylation is 1. The molecule has 192 valence electrons. The van der Waals surface area contributed by atoms with Crippen LogP contribution in [0.25, 0.3) is 10.8 Å². The minimum Gasteiger partial charge on any atom is -0.444 e. The van der Waals surface area contributed by atoms with Crippen molar-refractivity contribution in [3.05, 3.63) is 77.9 Å². The number of nitrogens with one attached hydrogen (secondary N) is 2. The van der Waals surface area contributed by atoms with Crippen LogP contribution in [-0.2, 0) is 20.7 Å². The zero-order valence-corrected chi connectivity index (χ0v) is 21.9. The molecule has 3 amide bonds. The predicted octanol–water partition coefficient (Wildman–Crippen LogP) is 5.41. The lowest BCUT2D eigenvalue weighted by molar-refractivity contribution is -0.136. The van der Waals surface area contributed by atoms with E-state index in [1.807, 2.05) is 55.5 Å². The fraction of sp³-hybridized carbons (Fsp3) is 0.300. The second-order valence-corrected chi connectivity index (χ2v) is 9.75. The van der Waals surface area contributed by atoms with Crippen molar-refractivity contribution < 1.29 is 19.1 Å². The summed E-state index contributed by atoms with van der Waals surface area (Å²) >= 11 is 0. The van der Waals surface area contributed by atoms with Gasteiger partial charge in [-0.1, -0.05) is 67.9 Å². The number of terminal acetylenes is 1. The summed E-state index contributed by atoms with van der Waals surface area (Å²) in [4.78, 5) is 40.3. The standard InChI is InChI=1S/C30H33N3O4/c1-7-21-13-15-23(16-14-21)26(27(34)32-25-18-17-22-11-9-10-12-24(22)19-25)33(8-2)28(35)20(3)31-29(36)37-30(4,5)6/h2,9-20,26H,7H2,1,3-6H3,(H,31,36)(H,32,34). The Balaban J connectivity index is 1.91. The van der Waals surface area contributed by atoms with Gasteiger partial charge in [0.25, 0.3) is 11.8 Å². The summed E-state index contributed by atoms with van der Waals surface area (Å²) in [5.74, 6) is -1.10. The molecule has 2 unspecified atom stereocenters. The van der Waals surface area contributed by atoms with Crippen molar-refractivity contribution in [3.8, 4) is 12.5 Å². The van der Waals surface area contributed by atoms with Gasteiger partial charge in [-0.2, -0.15) is 0 Å². The van der Waals surface area contributed by atoms with E-state index in [4.69, 9.17) is 11.2 Å². The number of fused-ring (bicyclic) bond motifs is 1. The Hall–Kier alpha value is -4.31. The molecule has 2 atom stereocenters. The molecule has 0 fully saturated rings. The van der Waals surface area contributed by atoms with E-state index in [2.05, 4.69) is 16.7 Å². The third-order valence-electron chi connectivity index (χ3n) is 5.71. The normalized spacial score (nSPS) is 12.6. The van der Waals surface area contributed by atoms with Gasteiger partial charge in [-0.05, 0) is 68.1 Å². The third-order valence-corrected chi connectivity index (χ3v) is 5.71. The van der Waals surface area contributed by atoms with Crippen molar-refractivity contribution in [2.24, 2.45) is 0 Å². The first-order chi connectivity index (χ1) is 17.5. The van der Waals surface area contributed by atoms with Crippen LogP contribution in [0, 0.1) is 12.5 Å². The molecular formula is C30H33N3O4. The molecule has 37 heavy (non-hydrogen) atoms. The van der Waals surface area contributed by atoms with Gasteiger partial charge in [0.05, 0.1) is 0 Å². The Labute approximate surface area is 218 Å². The van der Waals surface area contributed by atoms with Crippen LogP contribution in [0.4, 0.5) is 10.5 Å². The molecule has 0 aliphatic rings. The van der Waals surface area contributed by atoms with Crippen molar-refractivity contribution in [2.45, 2.75) is 58.7 Å². The van der Waals surface area contributed by atoms with Gasteiger partial charge in [0, 0.05) is 11.7 Å². The number of hydrogen-bond donors (Lipinski definition) is 2. The topological polar surface area (TPSA) is 87.7 Å². The van der Waals surface area contributed by atoms with Gasteiger partial charge in [0.15, 0.2) is 0 Å². The number of amides is 3. The smallest absolute Gasteiger partial charge is 0.408 e. The van der Waals surface area contributed by atoms with Gasteiger partial charge in [0.1, 0.15) is 17.7 Å². The Morgan fingerprint density at radius 1 is 1.00 bits per heavy atom. The van der Waals surface area contributed by atoms with Crippen LogP contribution >= 0.6 is 0 Å². The van der Waals surface area contributed by atoms with Gasteiger partial charge in [-0.3, -0.25) is 14.5 Å². The summed E-state index contributed by atoms with van der Waals surface area (Å²) in [5.41, 5.74) is 1.47.